The highest BCUT2D eigenvalue weighted by Gasteiger charge is 2.29. The van der Waals surface area contributed by atoms with Gasteiger partial charge in [0.15, 0.2) is 23.2 Å². The number of hydrogen-bond donors (Lipinski definition) is 0. The number of rotatable bonds is 4. The summed E-state index contributed by atoms with van der Waals surface area (Å²) >= 11 is 0. The van der Waals surface area contributed by atoms with Gasteiger partial charge in [-0.05, 0) is 31.0 Å². The quantitative estimate of drug-likeness (QED) is 0.688. The van der Waals surface area contributed by atoms with Gasteiger partial charge >= 0.3 is 0 Å². The van der Waals surface area contributed by atoms with Crippen LogP contribution in [0.15, 0.2) is 30.6 Å². The van der Waals surface area contributed by atoms with E-state index in [1.807, 2.05) is 0 Å². The molecule has 0 saturated heterocycles. The van der Waals surface area contributed by atoms with Gasteiger partial charge in [0.05, 0.1) is 11.7 Å². The molecule has 0 spiro atoms. The Morgan fingerprint density at radius 2 is 1.96 bits per heavy atom. The average molecular weight is 331 g/mol. The SMILES string of the molecule is O=C(Cn1ncc2ncc(-c3ccc(F)c(F)c3F)cc21)C1CC1. The molecule has 0 amide bonds. The highest BCUT2D eigenvalue weighted by atomic mass is 19.2. The van der Waals surface area contributed by atoms with E-state index in [0.29, 0.717) is 16.6 Å². The predicted molar refractivity (Wildman–Crippen MR) is 80.6 cm³/mol. The third kappa shape index (κ3) is 2.46. The lowest BCUT2D eigenvalue weighted by molar-refractivity contribution is -0.120. The van der Waals surface area contributed by atoms with Crippen molar-refractivity contribution in [1.82, 2.24) is 14.8 Å². The molecule has 24 heavy (non-hydrogen) atoms. The summed E-state index contributed by atoms with van der Waals surface area (Å²) in [6.45, 7) is 0.125. The molecular formula is C17H12F3N3O. The minimum atomic E-state index is -1.52. The second kappa shape index (κ2) is 5.43. The van der Waals surface area contributed by atoms with Crippen molar-refractivity contribution < 1.29 is 18.0 Å². The van der Waals surface area contributed by atoms with E-state index < -0.39 is 17.5 Å². The van der Waals surface area contributed by atoms with Gasteiger partial charge in [-0.3, -0.25) is 14.5 Å². The van der Waals surface area contributed by atoms with Crippen LogP contribution in [0.2, 0.25) is 0 Å². The molecule has 1 fully saturated rings. The van der Waals surface area contributed by atoms with Crippen LogP contribution in [0.3, 0.4) is 0 Å². The zero-order valence-electron chi connectivity index (χ0n) is 12.5. The number of pyridine rings is 1. The Bertz CT molecular complexity index is 963. The van der Waals surface area contributed by atoms with Crippen molar-refractivity contribution in [2.75, 3.05) is 0 Å². The Kier molecular flexibility index (Phi) is 3.37. The smallest absolute Gasteiger partial charge is 0.195 e. The number of fused-ring (bicyclic) bond motifs is 1. The van der Waals surface area contributed by atoms with Crippen LogP contribution in [0.5, 0.6) is 0 Å². The van der Waals surface area contributed by atoms with Gasteiger partial charge in [-0.2, -0.15) is 5.10 Å². The first-order valence-corrected chi connectivity index (χ1v) is 7.53. The molecule has 4 rings (SSSR count). The molecule has 2 heterocycles. The number of carbonyl (C=O) groups is 1. The van der Waals surface area contributed by atoms with E-state index in [2.05, 4.69) is 10.1 Å². The van der Waals surface area contributed by atoms with Gasteiger partial charge in [-0.1, -0.05) is 0 Å². The molecule has 1 aliphatic rings. The maximum Gasteiger partial charge on any atom is 0.195 e. The van der Waals surface area contributed by atoms with Crippen LogP contribution in [-0.4, -0.2) is 20.5 Å². The van der Waals surface area contributed by atoms with Crippen LogP contribution >= 0.6 is 0 Å². The molecule has 0 N–H and O–H groups in total. The molecule has 1 aliphatic carbocycles. The first kappa shape index (κ1) is 14.9. The summed E-state index contributed by atoms with van der Waals surface area (Å²) in [6.07, 6.45) is 4.69. The summed E-state index contributed by atoms with van der Waals surface area (Å²) < 4.78 is 42.0. The number of benzene rings is 1. The topological polar surface area (TPSA) is 47.8 Å². The number of hydrogen-bond acceptors (Lipinski definition) is 3. The first-order valence-electron chi connectivity index (χ1n) is 7.53. The zero-order chi connectivity index (χ0) is 16.8. The monoisotopic (exact) mass is 331 g/mol. The zero-order valence-corrected chi connectivity index (χ0v) is 12.5. The minimum absolute atomic E-state index is 0.0930. The molecule has 3 aromatic rings. The molecule has 0 aliphatic heterocycles. The fraction of sp³-hybridized carbons (Fsp3) is 0.235. The van der Waals surface area contributed by atoms with Crippen LogP contribution in [0, 0.1) is 23.4 Å². The average Bonchev–Trinajstić information content (AvgIpc) is 3.36. The Hall–Kier alpha value is -2.70. The van der Waals surface area contributed by atoms with Crippen LogP contribution < -0.4 is 0 Å². The molecule has 0 bridgehead atoms. The highest BCUT2D eigenvalue weighted by molar-refractivity contribution is 5.86. The lowest BCUT2D eigenvalue weighted by atomic mass is 10.1. The molecule has 0 atom stereocenters. The van der Waals surface area contributed by atoms with Gasteiger partial charge in [0, 0.05) is 23.2 Å². The highest BCUT2D eigenvalue weighted by Crippen LogP contribution is 2.31. The lowest BCUT2D eigenvalue weighted by Crippen LogP contribution is -2.12. The standard InChI is InChI=1S/C17H12F3N3O/c18-12-4-3-11(16(19)17(12)20)10-5-14-13(21-6-10)7-22-23(14)8-15(24)9-1-2-9/h3-7,9H,1-2,8H2. The fourth-order valence-electron chi connectivity index (χ4n) is 2.66. The van der Waals surface area contributed by atoms with Crippen molar-refractivity contribution in [2.45, 2.75) is 19.4 Å². The summed E-state index contributed by atoms with van der Waals surface area (Å²) in [6, 6.07) is 3.60. The van der Waals surface area contributed by atoms with Gasteiger partial charge in [-0.15, -0.1) is 0 Å². The van der Waals surface area contributed by atoms with Crippen molar-refractivity contribution in [3.63, 3.8) is 0 Å². The number of nitrogens with zero attached hydrogens (tertiary/aromatic N) is 3. The third-order valence-corrected chi connectivity index (χ3v) is 4.18. The van der Waals surface area contributed by atoms with E-state index in [0.717, 1.165) is 25.0 Å². The van der Waals surface area contributed by atoms with Crippen molar-refractivity contribution in [3.8, 4) is 11.1 Å². The van der Waals surface area contributed by atoms with Gasteiger partial charge in [0.2, 0.25) is 0 Å². The first-order chi connectivity index (χ1) is 11.5. The van der Waals surface area contributed by atoms with Crippen molar-refractivity contribution in [2.24, 2.45) is 5.92 Å². The van der Waals surface area contributed by atoms with E-state index >= 15 is 0 Å². The molecule has 1 saturated carbocycles. The fourth-order valence-corrected chi connectivity index (χ4v) is 2.66. The largest absolute Gasteiger partial charge is 0.297 e. The molecule has 4 nitrogen and oxygen atoms in total. The molecule has 2 aromatic heterocycles. The summed E-state index contributed by atoms with van der Waals surface area (Å²) in [5.41, 5.74) is 1.29. The Balaban J connectivity index is 1.77. The van der Waals surface area contributed by atoms with E-state index in [9.17, 15) is 18.0 Å². The van der Waals surface area contributed by atoms with E-state index in [1.54, 1.807) is 6.07 Å². The van der Waals surface area contributed by atoms with Crippen LogP contribution in [-0.2, 0) is 11.3 Å². The van der Waals surface area contributed by atoms with Gasteiger partial charge in [0.1, 0.15) is 12.1 Å². The van der Waals surface area contributed by atoms with Gasteiger partial charge < -0.3 is 0 Å². The second-order valence-electron chi connectivity index (χ2n) is 5.89. The van der Waals surface area contributed by atoms with E-state index in [1.165, 1.54) is 17.1 Å². The minimum Gasteiger partial charge on any atom is -0.297 e. The predicted octanol–water partition coefficient (Wildman–Crippen LogP) is 3.49. The number of aromatic nitrogens is 3. The number of Topliss-reactive ketones (excluding diaryl/α,β-unsaturated/α-hetero) is 1. The Morgan fingerprint density at radius 3 is 2.71 bits per heavy atom. The molecular weight excluding hydrogens is 319 g/mol. The maximum atomic E-state index is 14.0. The maximum absolute atomic E-state index is 14.0. The van der Waals surface area contributed by atoms with Crippen LogP contribution in [0.1, 0.15) is 12.8 Å². The van der Waals surface area contributed by atoms with Gasteiger partial charge in [0.25, 0.3) is 0 Å². The molecule has 1 aromatic carbocycles. The van der Waals surface area contributed by atoms with E-state index in [4.69, 9.17) is 0 Å². The van der Waals surface area contributed by atoms with Crippen LogP contribution in [0.4, 0.5) is 13.2 Å². The number of halogens is 3. The Morgan fingerprint density at radius 1 is 1.17 bits per heavy atom. The molecule has 7 heteroatoms. The summed E-state index contributed by atoms with van der Waals surface area (Å²) in [4.78, 5) is 16.1. The third-order valence-electron chi connectivity index (χ3n) is 4.18. The van der Waals surface area contributed by atoms with E-state index in [-0.39, 0.29) is 23.8 Å². The molecule has 0 unspecified atom stereocenters. The summed E-state index contributed by atoms with van der Waals surface area (Å²) in [5, 5.41) is 4.14. The molecule has 0 radical (unpaired) electrons. The number of carbonyl (C=O) groups excluding carboxylic acids is 1. The van der Waals surface area contributed by atoms with Crippen molar-refractivity contribution in [3.05, 3.63) is 48.0 Å². The van der Waals surface area contributed by atoms with Crippen molar-refractivity contribution >= 4 is 16.8 Å². The normalized spacial score (nSPS) is 14.3. The van der Waals surface area contributed by atoms with Gasteiger partial charge in [-0.25, -0.2) is 13.2 Å². The molecule has 122 valence electrons. The Labute approximate surface area is 134 Å². The number of ketones is 1. The lowest BCUT2D eigenvalue weighted by Gasteiger charge is -2.06. The summed E-state index contributed by atoms with van der Waals surface area (Å²) in [7, 11) is 0. The summed E-state index contributed by atoms with van der Waals surface area (Å²) in [5.74, 6) is -3.83. The van der Waals surface area contributed by atoms with Crippen LogP contribution in [0.25, 0.3) is 22.2 Å². The second-order valence-corrected chi connectivity index (χ2v) is 5.89. The van der Waals surface area contributed by atoms with Crippen molar-refractivity contribution in [1.29, 1.82) is 0 Å².